The fourth-order valence-corrected chi connectivity index (χ4v) is 3.48. The number of fused-ring (bicyclic) bond motifs is 1. The van der Waals surface area contributed by atoms with Crippen molar-refractivity contribution in [1.29, 1.82) is 0 Å². The number of benzene rings is 2. The van der Waals surface area contributed by atoms with Gasteiger partial charge >= 0.3 is 0 Å². The van der Waals surface area contributed by atoms with E-state index in [1.165, 1.54) is 6.33 Å². The van der Waals surface area contributed by atoms with E-state index in [0.717, 1.165) is 28.2 Å². The van der Waals surface area contributed by atoms with Crippen LogP contribution in [0.2, 0.25) is 0 Å². The molecule has 29 heavy (non-hydrogen) atoms. The molecule has 2 N–H and O–H groups in total. The predicted octanol–water partition coefficient (Wildman–Crippen LogP) is 3.58. The minimum absolute atomic E-state index is 0.165. The number of anilines is 3. The highest BCUT2D eigenvalue weighted by atomic mass is 16.1. The van der Waals surface area contributed by atoms with Crippen molar-refractivity contribution in [2.75, 3.05) is 29.6 Å². The Labute approximate surface area is 170 Å². The van der Waals surface area contributed by atoms with Crippen LogP contribution in [0, 0.1) is 6.92 Å². The van der Waals surface area contributed by atoms with Gasteiger partial charge in [0.2, 0.25) is 5.95 Å². The van der Waals surface area contributed by atoms with Crippen LogP contribution >= 0.6 is 0 Å². The smallest absolute Gasteiger partial charge is 0.255 e. The zero-order valence-electron chi connectivity index (χ0n) is 17.0. The molecule has 0 saturated carbocycles. The lowest BCUT2D eigenvalue weighted by atomic mass is 9.94. The monoisotopic (exact) mass is 388 g/mol. The van der Waals surface area contributed by atoms with Crippen molar-refractivity contribution in [3.8, 4) is 0 Å². The second-order valence-corrected chi connectivity index (χ2v) is 7.40. The molecule has 0 saturated heterocycles. The van der Waals surface area contributed by atoms with Crippen molar-refractivity contribution in [2.45, 2.75) is 19.9 Å². The molecule has 1 aromatic heterocycles. The Morgan fingerprint density at radius 2 is 1.76 bits per heavy atom. The first-order valence-electron chi connectivity index (χ1n) is 9.46. The summed E-state index contributed by atoms with van der Waals surface area (Å²) in [5.74, 6) is 0.456. The molecule has 2 heterocycles. The molecule has 0 fully saturated rings. The summed E-state index contributed by atoms with van der Waals surface area (Å²) in [6.45, 7) is 3.91. The molecule has 1 atom stereocenters. The molecular formula is C22H24N6O. The normalized spacial score (nSPS) is 15.5. The molecule has 1 aliphatic heterocycles. The van der Waals surface area contributed by atoms with Crippen LogP contribution in [0.25, 0.3) is 0 Å². The lowest BCUT2D eigenvalue weighted by Crippen LogP contribution is -2.31. The number of nitrogens with zero attached hydrogens (tertiary/aromatic N) is 4. The number of allylic oxidation sites excluding steroid dienone is 1. The van der Waals surface area contributed by atoms with Crippen LogP contribution in [-0.2, 0) is 4.79 Å². The number of nitrogens with one attached hydrogen (secondary N) is 2. The third-order valence-corrected chi connectivity index (χ3v) is 5.07. The number of carbonyl (C=O) groups is 1. The van der Waals surface area contributed by atoms with Crippen LogP contribution in [0.3, 0.4) is 0 Å². The van der Waals surface area contributed by atoms with Crippen LogP contribution < -0.4 is 15.5 Å². The number of aryl methyl sites for hydroxylation is 1. The summed E-state index contributed by atoms with van der Waals surface area (Å²) in [6.07, 6.45) is 1.50. The Bertz CT molecular complexity index is 1060. The maximum Gasteiger partial charge on any atom is 0.255 e. The van der Waals surface area contributed by atoms with Crippen molar-refractivity contribution in [1.82, 2.24) is 14.8 Å². The van der Waals surface area contributed by atoms with Gasteiger partial charge in [0.15, 0.2) is 0 Å². The zero-order chi connectivity index (χ0) is 20.5. The molecule has 0 bridgehead atoms. The summed E-state index contributed by atoms with van der Waals surface area (Å²) in [7, 11) is 4.00. The first-order chi connectivity index (χ1) is 13.9. The Morgan fingerprint density at radius 3 is 2.41 bits per heavy atom. The minimum atomic E-state index is -0.365. The first kappa shape index (κ1) is 18.7. The molecule has 7 nitrogen and oxygen atoms in total. The molecule has 4 rings (SSSR count). The first-order valence-corrected chi connectivity index (χ1v) is 9.46. The fourth-order valence-electron chi connectivity index (χ4n) is 3.48. The topological polar surface area (TPSA) is 75.1 Å². The molecule has 0 spiro atoms. The van der Waals surface area contributed by atoms with E-state index < -0.39 is 0 Å². The molecule has 0 radical (unpaired) electrons. The second kappa shape index (κ2) is 7.43. The van der Waals surface area contributed by atoms with Crippen LogP contribution in [0.15, 0.2) is 66.1 Å². The summed E-state index contributed by atoms with van der Waals surface area (Å²) in [4.78, 5) is 19.6. The van der Waals surface area contributed by atoms with Gasteiger partial charge in [-0.05, 0) is 43.7 Å². The van der Waals surface area contributed by atoms with E-state index in [4.69, 9.17) is 0 Å². The molecule has 0 unspecified atom stereocenters. The van der Waals surface area contributed by atoms with E-state index in [0.29, 0.717) is 11.5 Å². The van der Waals surface area contributed by atoms with E-state index in [1.54, 1.807) is 4.68 Å². The lowest BCUT2D eigenvalue weighted by molar-refractivity contribution is -0.113. The highest BCUT2D eigenvalue weighted by Gasteiger charge is 2.33. The summed E-state index contributed by atoms with van der Waals surface area (Å²) in [5, 5.41) is 10.6. The maximum atomic E-state index is 13.3. The van der Waals surface area contributed by atoms with Gasteiger partial charge in [0.1, 0.15) is 12.4 Å². The number of carbonyl (C=O) groups excluding carboxylic acids is 1. The number of aromatic nitrogens is 3. The van der Waals surface area contributed by atoms with Crippen LogP contribution in [-0.4, -0.2) is 34.8 Å². The minimum Gasteiger partial charge on any atom is -0.378 e. The summed E-state index contributed by atoms with van der Waals surface area (Å²) < 4.78 is 1.75. The number of hydrogen-bond donors (Lipinski definition) is 2. The average Bonchev–Trinajstić information content (AvgIpc) is 3.16. The van der Waals surface area contributed by atoms with Gasteiger partial charge < -0.3 is 15.5 Å². The van der Waals surface area contributed by atoms with E-state index in [-0.39, 0.29) is 11.9 Å². The van der Waals surface area contributed by atoms with Crippen LogP contribution in [0.1, 0.15) is 24.1 Å². The van der Waals surface area contributed by atoms with Gasteiger partial charge in [-0.2, -0.15) is 10.1 Å². The van der Waals surface area contributed by atoms with E-state index in [9.17, 15) is 4.79 Å². The van der Waals surface area contributed by atoms with Gasteiger partial charge in [0.05, 0.1) is 5.57 Å². The number of amides is 1. The third-order valence-electron chi connectivity index (χ3n) is 5.07. The highest BCUT2D eigenvalue weighted by molar-refractivity contribution is 6.06. The van der Waals surface area contributed by atoms with Crippen molar-refractivity contribution in [3.05, 3.63) is 77.3 Å². The Balaban J connectivity index is 1.73. The van der Waals surface area contributed by atoms with Crippen molar-refractivity contribution in [2.24, 2.45) is 0 Å². The summed E-state index contributed by atoms with van der Waals surface area (Å²) >= 11 is 0. The molecule has 7 heteroatoms. The van der Waals surface area contributed by atoms with Crippen molar-refractivity contribution in [3.63, 3.8) is 0 Å². The maximum absolute atomic E-state index is 13.3. The fraction of sp³-hybridized carbons (Fsp3) is 0.227. The molecule has 3 aromatic rings. The molecule has 0 aliphatic carbocycles. The van der Waals surface area contributed by atoms with Gasteiger partial charge in [-0.3, -0.25) is 4.79 Å². The molecular weight excluding hydrogens is 364 g/mol. The number of hydrogen-bond acceptors (Lipinski definition) is 5. The van der Waals surface area contributed by atoms with Crippen molar-refractivity contribution < 1.29 is 4.79 Å². The van der Waals surface area contributed by atoms with Crippen molar-refractivity contribution >= 4 is 23.2 Å². The summed E-state index contributed by atoms with van der Waals surface area (Å²) in [5.41, 5.74) is 5.33. The lowest BCUT2D eigenvalue weighted by Gasteiger charge is -2.29. The SMILES string of the molecule is CC1=C(C(=O)Nc2ccc(C)cc2)[C@@H](c2ccc(N(C)C)cc2)n2ncnc2N1. The largest absolute Gasteiger partial charge is 0.378 e. The quantitative estimate of drug-likeness (QED) is 0.715. The second-order valence-electron chi connectivity index (χ2n) is 7.40. The summed E-state index contributed by atoms with van der Waals surface area (Å²) in [6, 6.07) is 15.5. The highest BCUT2D eigenvalue weighted by Crippen LogP contribution is 2.35. The van der Waals surface area contributed by atoms with E-state index in [2.05, 4.69) is 20.7 Å². The zero-order valence-corrected chi connectivity index (χ0v) is 17.0. The van der Waals surface area contributed by atoms with Gasteiger partial charge in [-0.15, -0.1) is 0 Å². The van der Waals surface area contributed by atoms with Crippen LogP contribution in [0.5, 0.6) is 0 Å². The number of rotatable bonds is 4. The third kappa shape index (κ3) is 3.59. The standard InChI is InChI=1S/C22H24N6O/c1-14-5-9-17(10-6-14)26-21(29)19-15(2)25-22-23-13-24-28(22)20(19)16-7-11-18(12-8-16)27(3)4/h5-13,20H,1-4H3,(H,26,29)(H,23,24,25)/t20-/m1/s1. The Hall–Kier alpha value is -3.61. The Morgan fingerprint density at radius 1 is 1.07 bits per heavy atom. The van der Waals surface area contributed by atoms with Gasteiger partial charge in [-0.25, -0.2) is 4.68 Å². The van der Waals surface area contributed by atoms with E-state index in [1.807, 2.05) is 81.4 Å². The Kier molecular flexibility index (Phi) is 4.80. The van der Waals surface area contributed by atoms with E-state index >= 15 is 0 Å². The molecule has 1 aliphatic rings. The molecule has 1 amide bonds. The molecule has 2 aromatic carbocycles. The van der Waals surface area contributed by atoms with Gasteiger partial charge in [-0.1, -0.05) is 29.8 Å². The van der Waals surface area contributed by atoms with Gasteiger partial charge in [0.25, 0.3) is 5.91 Å². The molecule has 148 valence electrons. The van der Waals surface area contributed by atoms with Gasteiger partial charge in [0, 0.05) is 31.2 Å². The van der Waals surface area contributed by atoms with Crippen LogP contribution in [0.4, 0.5) is 17.3 Å². The predicted molar refractivity (Wildman–Crippen MR) is 115 cm³/mol. The average molecular weight is 388 g/mol.